The van der Waals surface area contributed by atoms with Gasteiger partial charge in [-0.05, 0) is 24.6 Å². The minimum atomic E-state index is 0.0537. The normalized spacial score (nSPS) is 11.0. The van der Waals surface area contributed by atoms with Gasteiger partial charge in [0.1, 0.15) is 0 Å². The molecule has 14 heavy (non-hydrogen) atoms. The maximum Gasteiger partial charge on any atom is 0.195 e. The second-order valence-electron chi connectivity index (χ2n) is 3.01. The number of hydrogen-bond acceptors (Lipinski definition) is 2. The predicted octanol–water partition coefficient (Wildman–Crippen LogP) is 4.33. The van der Waals surface area contributed by atoms with Crippen LogP contribution in [0.3, 0.4) is 0 Å². The van der Waals surface area contributed by atoms with Crippen molar-refractivity contribution < 1.29 is 4.79 Å². The van der Waals surface area contributed by atoms with Crippen LogP contribution in [-0.2, 0) is 0 Å². The zero-order valence-electron chi connectivity index (χ0n) is 8.13. The predicted molar refractivity (Wildman–Crippen MR) is 62.3 cm³/mol. The fraction of sp³-hybridized carbons (Fsp3) is 0.364. The molecule has 0 aliphatic carbocycles. The Morgan fingerprint density at radius 3 is 2.93 bits per heavy atom. The molecule has 1 aromatic heterocycles. The van der Waals surface area contributed by atoms with Gasteiger partial charge in [0.15, 0.2) is 5.78 Å². The number of halogens is 1. The van der Waals surface area contributed by atoms with Gasteiger partial charge in [-0.1, -0.05) is 37.4 Å². The van der Waals surface area contributed by atoms with Crippen molar-refractivity contribution in [1.29, 1.82) is 0 Å². The van der Waals surface area contributed by atoms with E-state index < -0.39 is 0 Å². The second kappa shape index (κ2) is 5.99. The number of ketones is 1. The molecule has 0 unspecified atom stereocenters. The molecule has 0 radical (unpaired) electrons. The van der Waals surface area contributed by atoms with Crippen LogP contribution in [0.4, 0.5) is 0 Å². The summed E-state index contributed by atoms with van der Waals surface area (Å²) >= 11 is 7.05. The molecule has 0 saturated carbocycles. The monoisotopic (exact) mass is 228 g/mol. The van der Waals surface area contributed by atoms with E-state index in [0.717, 1.165) is 19.3 Å². The lowest BCUT2D eigenvalue weighted by Gasteiger charge is -1.89. The molecule has 0 amide bonds. The third kappa shape index (κ3) is 3.64. The van der Waals surface area contributed by atoms with E-state index in [4.69, 9.17) is 11.6 Å². The summed E-state index contributed by atoms with van der Waals surface area (Å²) < 4.78 is 0.662. The minimum Gasteiger partial charge on any atom is -0.288 e. The third-order valence-electron chi connectivity index (χ3n) is 1.81. The topological polar surface area (TPSA) is 17.1 Å². The number of unbranched alkanes of at least 4 members (excludes halogenated alkanes) is 2. The summed E-state index contributed by atoms with van der Waals surface area (Å²) in [5.41, 5.74) is 0. The van der Waals surface area contributed by atoms with E-state index in [9.17, 15) is 4.79 Å². The highest BCUT2D eigenvalue weighted by Crippen LogP contribution is 2.21. The quantitative estimate of drug-likeness (QED) is 0.417. The molecule has 0 atom stereocenters. The summed E-state index contributed by atoms with van der Waals surface area (Å²) in [5.74, 6) is 0.0537. The van der Waals surface area contributed by atoms with Gasteiger partial charge in [-0.2, -0.15) is 0 Å². The van der Waals surface area contributed by atoms with Crippen molar-refractivity contribution in [1.82, 2.24) is 0 Å². The second-order valence-corrected chi connectivity index (χ2v) is 4.73. The highest BCUT2D eigenvalue weighted by atomic mass is 35.5. The molecule has 0 bridgehead atoms. The number of carbonyl (C=O) groups is 1. The van der Waals surface area contributed by atoms with E-state index in [1.54, 1.807) is 18.2 Å². The van der Waals surface area contributed by atoms with E-state index in [1.807, 2.05) is 6.08 Å². The molecule has 1 heterocycles. The van der Waals surface area contributed by atoms with Crippen LogP contribution < -0.4 is 0 Å². The van der Waals surface area contributed by atoms with Gasteiger partial charge in [-0.15, -0.1) is 11.3 Å². The lowest BCUT2D eigenvalue weighted by molar-refractivity contribution is 0.105. The zero-order valence-corrected chi connectivity index (χ0v) is 9.70. The molecule has 0 aliphatic rings. The Kier molecular flexibility index (Phi) is 4.91. The SMILES string of the molecule is CCCC/C=C/C(=O)c1ccc(Cl)s1. The summed E-state index contributed by atoms with van der Waals surface area (Å²) in [4.78, 5) is 12.2. The zero-order chi connectivity index (χ0) is 10.4. The first-order valence-corrected chi connectivity index (χ1v) is 5.89. The van der Waals surface area contributed by atoms with Gasteiger partial charge in [0, 0.05) is 0 Å². The van der Waals surface area contributed by atoms with Gasteiger partial charge in [0.2, 0.25) is 0 Å². The number of hydrogen-bond donors (Lipinski definition) is 0. The van der Waals surface area contributed by atoms with Gasteiger partial charge in [-0.3, -0.25) is 4.79 Å². The molecule has 1 aromatic rings. The summed E-state index contributed by atoms with van der Waals surface area (Å²) in [6.45, 7) is 2.13. The van der Waals surface area contributed by atoms with Crippen molar-refractivity contribution in [2.45, 2.75) is 26.2 Å². The van der Waals surface area contributed by atoms with E-state index >= 15 is 0 Å². The van der Waals surface area contributed by atoms with Gasteiger partial charge >= 0.3 is 0 Å². The van der Waals surface area contributed by atoms with Crippen LogP contribution in [-0.4, -0.2) is 5.78 Å². The summed E-state index contributed by atoms with van der Waals surface area (Å²) in [5, 5.41) is 0. The molecular formula is C11H13ClOS. The van der Waals surface area contributed by atoms with Crippen molar-refractivity contribution in [2.24, 2.45) is 0 Å². The first kappa shape index (κ1) is 11.5. The maximum atomic E-state index is 11.5. The highest BCUT2D eigenvalue weighted by Gasteiger charge is 2.03. The van der Waals surface area contributed by atoms with Crippen LogP contribution in [0, 0.1) is 0 Å². The lowest BCUT2D eigenvalue weighted by atomic mass is 10.2. The highest BCUT2D eigenvalue weighted by molar-refractivity contribution is 7.18. The van der Waals surface area contributed by atoms with Crippen molar-refractivity contribution in [3.63, 3.8) is 0 Å². The first-order chi connectivity index (χ1) is 6.74. The van der Waals surface area contributed by atoms with Gasteiger partial charge in [0.25, 0.3) is 0 Å². The van der Waals surface area contributed by atoms with Crippen LogP contribution in [0.15, 0.2) is 24.3 Å². The molecule has 1 nitrogen and oxygen atoms in total. The Hall–Kier alpha value is -0.600. The van der Waals surface area contributed by atoms with Crippen molar-refractivity contribution in [2.75, 3.05) is 0 Å². The van der Waals surface area contributed by atoms with Crippen LogP contribution in [0.2, 0.25) is 4.34 Å². The fourth-order valence-electron chi connectivity index (χ4n) is 1.04. The molecule has 76 valence electrons. The Balaban J connectivity index is 2.46. The molecular weight excluding hydrogens is 216 g/mol. The average Bonchev–Trinajstić information content (AvgIpc) is 2.59. The van der Waals surface area contributed by atoms with Crippen molar-refractivity contribution >= 4 is 28.7 Å². The fourth-order valence-corrected chi connectivity index (χ4v) is 2.00. The van der Waals surface area contributed by atoms with E-state index in [1.165, 1.54) is 11.3 Å². The maximum absolute atomic E-state index is 11.5. The van der Waals surface area contributed by atoms with E-state index in [2.05, 4.69) is 6.92 Å². The Morgan fingerprint density at radius 1 is 1.57 bits per heavy atom. The Bertz CT molecular complexity index is 328. The number of thiophene rings is 1. The average molecular weight is 229 g/mol. The lowest BCUT2D eigenvalue weighted by Crippen LogP contribution is -1.88. The molecule has 1 rings (SSSR count). The largest absolute Gasteiger partial charge is 0.288 e. The van der Waals surface area contributed by atoms with Gasteiger partial charge < -0.3 is 0 Å². The molecule has 0 saturated heterocycles. The number of allylic oxidation sites excluding steroid dienone is 2. The minimum absolute atomic E-state index is 0.0537. The summed E-state index contributed by atoms with van der Waals surface area (Å²) in [6, 6.07) is 3.51. The van der Waals surface area contributed by atoms with Gasteiger partial charge in [-0.25, -0.2) is 0 Å². The van der Waals surface area contributed by atoms with Gasteiger partial charge in [0.05, 0.1) is 9.21 Å². The van der Waals surface area contributed by atoms with E-state index in [-0.39, 0.29) is 5.78 Å². The van der Waals surface area contributed by atoms with Crippen LogP contribution in [0.5, 0.6) is 0 Å². The third-order valence-corrected chi connectivity index (χ3v) is 3.06. The van der Waals surface area contributed by atoms with Crippen LogP contribution in [0.1, 0.15) is 35.9 Å². The van der Waals surface area contributed by atoms with Crippen molar-refractivity contribution in [3.8, 4) is 0 Å². The smallest absolute Gasteiger partial charge is 0.195 e. The van der Waals surface area contributed by atoms with Crippen LogP contribution >= 0.6 is 22.9 Å². The molecule has 0 N–H and O–H groups in total. The Labute approximate surface area is 93.4 Å². The van der Waals surface area contributed by atoms with Crippen LogP contribution in [0.25, 0.3) is 0 Å². The number of carbonyl (C=O) groups excluding carboxylic acids is 1. The first-order valence-electron chi connectivity index (χ1n) is 4.70. The number of rotatable bonds is 5. The van der Waals surface area contributed by atoms with E-state index in [0.29, 0.717) is 9.21 Å². The molecule has 0 fully saturated rings. The summed E-state index contributed by atoms with van der Waals surface area (Å²) in [6.07, 6.45) is 6.83. The van der Waals surface area contributed by atoms with Crippen molar-refractivity contribution in [3.05, 3.63) is 33.5 Å². The molecule has 0 aromatic carbocycles. The summed E-state index contributed by atoms with van der Waals surface area (Å²) in [7, 11) is 0. The molecule has 0 aliphatic heterocycles. The molecule has 3 heteroatoms. The standard InChI is InChI=1S/C11H13ClOS/c1-2-3-4-5-6-9(13)10-7-8-11(12)14-10/h5-8H,2-4H2,1H3/b6-5+. The Morgan fingerprint density at radius 2 is 2.36 bits per heavy atom. The molecule has 0 spiro atoms.